The van der Waals surface area contributed by atoms with E-state index in [0.29, 0.717) is 0 Å². The van der Waals surface area contributed by atoms with Crippen LogP contribution in [0.15, 0.2) is 0 Å². The lowest BCUT2D eigenvalue weighted by Crippen LogP contribution is -2.48. The van der Waals surface area contributed by atoms with Gasteiger partial charge in [-0.05, 0) is 34.1 Å². The molecule has 0 aromatic heterocycles. The first kappa shape index (κ1) is 15.3. The lowest BCUT2D eigenvalue weighted by Gasteiger charge is -2.34. The Balaban J connectivity index is 4.98. The second kappa shape index (κ2) is 5.55. The quantitative estimate of drug-likeness (QED) is 0.737. The van der Waals surface area contributed by atoms with E-state index in [-0.39, 0.29) is 18.5 Å². The highest BCUT2D eigenvalue weighted by Crippen LogP contribution is 2.31. The number of halogens is 3. The Morgan fingerprint density at radius 2 is 1.50 bits per heavy atom. The average Bonchev–Trinajstić information content (AvgIpc) is 1.99. The normalized spacial score (nSPS) is 14.4. The molecule has 1 atom stereocenters. The van der Waals surface area contributed by atoms with E-state index in [1.54, 1.807) is 27.7 Å². The molecule has 0 bridgehead atoms. The van der Waals surface area contributed by atoms with Crippen LogP contribution < -0.4 is 0 Å². The summed E-state index contributed by atoms with van der Waals surface area (Å²) in [6.07, 6.45) is -4.66. The van der Waals surface area contributed by atoms with Crippen molar-refractivity contribution in [3.05, 3.63) is 0 Å². The van der Waals surface area contributed by atoms with Crippen LogP contribution in [0.1, 0.15) is 41.0 Å². The van der Waals surface area contributed by atoms with E-state index in [1.165, 1.54) is 11.8 Å². The van der Waals surface area contributed by atoms with E-state index in [9.17, 15) is 18.0 Å². The Morgan fingerprint density at radius 3 is 1.69 bits per heavy atom. The van der Waals surface area contributed by atoms with Crippen molar-refractivity contribution in [3.8, 4) is 0 Å². The first-order valence-corrected chi connectivity index (χ1v) is 5.51. The molecule has 0 aliphatic carbocycles. The molecule has 0 rings (SSSR count). The first-order chi connectivity index (χ1) is 7.12. The molecule has 0 fully saturated rings. The van der Waals surface area contributed by atoms with Gasteiger partial charge in [-0.1, -0.05) is 6.92 Å². The van der Waals surface area contributed by atoms with Gasteiger partial charge >= 0.3 is 6.18 Å². The summed E-state index contributed by atoms with van der Waals surface area (Å²) in [5, 5.41) is 0. The Bertz CT molecular complexity index is 224. The monoisotopic (exact) mass is 239 g/mol. The molecule has 0 spiro atoms. The number of carbonyl (C=O) groups is 1. The first-order valence-electron chi connectivity index (χ1n) is 5.51. The molecule has 1 unspecified atom stereocenters. The lowest BCUT2D eigenvalue weighted by molar-refractivity contribution is -0.191. The van der Waals surface area contributed by atoms with Gasteiger partial charge < -0.3 is 4.90 Å². The molecule has 5 heteroatoms. The molecule has 0 radical (unpaired) electrons. The van der Waals surface area contributed by atoms with Crippen molar-refractivity contribution in [3.63, 3.8) is 0 Å². The molecule has 16 heavy (non-hydrogen) atoms. The van der Waals surface area contributed by atoms with Crippen LogP contribution >= 0.6 is 0 Å². The van der Waals surface area contributed by atoms with Crippen LogP contribution in [0.4, 0.5) is 13.2 Å². The van der Waals surface area contributed by atoms with Crippen LogP contribution in [0, 0.1) is 5.92 Å². The van der Waals surface area contributed by atoms with Crippen molar-refractivity contribution in [2.75, 3.05) is 0 Å². The summed E-state index contributed by atoms with van der Waals surface area (Å²) in [6, 6.07) is -0.437. The van der Waals surface area contributed by atoms with Gasteiger partial charge in [-0.3, -0.25) is 4.79 Å². The van der Waals surface area contributed by atoms with Crippen LogP contribution in [-0.4, -0.2) is 29.1 Å². The van der Waals surface area contributed by atoms with E-state index in [1.807, 2.05) is 0 Å². The predicted octanol–water partition coefficient (Wildman–Crippen LogP) is 3.22. The number of hydrogen-bond acceptors (Lipinski definition) is 1. The summed E-state index contributed by atoms with van der Waals surface area (Å²) in [7, 11) is 0. The second-order valence-electron chi connectivity index (χ2n) is 4.44. The molecule has 0 N–H and O–H groups in total. The minimum absolute atomic E-state index is 0.210. The minimum atomic E-state index is -4.45. The fraction of sp³-hybridized carbons (Fsp3) is 0.909. The third-order valence-electron chi connectivity index (χ3n) is 2.47. The zero-order chi connectivity index (χ0) is 13.1. The molecule has 0 saturated heterocycles. The van der Waals surface area contributed by atoms with Crippen molar-refractivity contribution in [1.82, 2.24) is 4.90 Å². The van der Waals surface area contributed by atoms with Gasteiger partial charge in [0.15, 0.2) is 0 Å². The summed E-state index contributed by atoms with van der Waals surface area (Å²) in [5.41, 5.74) is 0. The van der Waals surface area contributed by atoms with Crippen molar-refractivity contribution in [1.29, 1.82) is 0 Å². The highest BCUT2D eigenvalue weighted by atomic mass is 19.4. The second-order valence-corrected chi connectivity index (χ2v) is 4.44. The molecule has 0 saturated carbocycles. The Kier molecular flexibility index (Phi) is 5.29. The molecule has 0 aromatic carbocycles. The molecule has 0 aliphatic heterocycles. The summed E-state index contributed by atoms with van der Waals surface area (Å²) in [4.78, 5) is 13.1. The van der Waals surface area contributed by atoms with Gasteiger partial charge in [0.1, 0.15) is 5.92 Å². The van der Waals surface area contributed by atoms with Gasteiger partial charge in [0.2, 0.25) is 5.91 Å². The molecule has 1 amide bonds. The van der Waals surface area contributed by atoms with E-state index in [0.717, 1.165) is 0 Å². The van der Waals surface area contributed by atoms with Gasteiger partial charge in [0.05, 0.1) is 0 Å². The number of hydrogen-bond donors (Lipinski definition) is 0. The van der Waals surface area contributed by atoms with Crippen molar-refractivity contribution in [2.24, 2.45) is 5.92 Å². The van der Waals surface area contributed by atoms with E-state index in [2.05, 4.69) is 0 Å². The van der Waals surface area contributed by atoms with Crippen LogP contribution in [0.5, 0.6) is 0 Å². The maximum Gasteiger partial charge on any atom is 0.400 e. The van der Waals surface area contributed by atoms with Gasteiger partial charge in [-0.15, -0.1) is 0 Å². The largest absolute Gasteiger partial charge is 0.400 e. The fourth-order valence-corrected chi connectivity index (χ4v) is 1.83. The zero-order valence-electron chi connectivity index (χ0n) is 10.4. The minimum Gasteiger partial charge on any atom is -0.337 e. The Hall–Kier alpha value is -0.740. The van der Waals surface area contributed by atoms with E-state index in [4.69, 9.17) is 0 Å². The third-order valence-corrected chi connectivity index (χ3v) is 2.47. The maximum atomic E-state index is 12.6. The van der Waals surface area contributed by atoms with E-state index < -0.39 is 18.0 Å². The molecule has 0 heterocycles. The smallest absolute Gasteiger partial charge is 0.337 e. The van der Waals surface area contributed by atoms with Gasteiger partial charge in [-0.25, -0.2) is 0 Å². The maximum absolute atomic E-state index is 12.6. The standard InChI is InChI=1S/C11H20F3NO/c1-6-9(11(12,13)14)10(16)15(7(2)3)8(4)5/h7-9H,6H2,1-5H3. The number of alkyl halides is 3. The topological polar surface area (TPSA) is 20.3 Å². The highest BCUT2D eigenvalue weighted by Gasteiger charge is 2.45. The Morgan fingerprint density at radius 1 is 1.12 bits per heavy atom. The number of carbonyl (C=O) groups excluding carboxylic acids is 1. The molecule has 0 aromatic rings. The third kappa shape index (κ3) is 3.68. The predicted molar refractivity (Wildman–Crippen MR) is 57.0 cm³/mol. The van der Waals surface area contributed by atoms with Gasteiger partial charge in [0.25, 0.3) is 0 Å². The molecular weight excluding hydrogens is 219 g/mol. The zero-order valence-corrected chi connectivity index (χ0v) is 10.4. The Labute approximate surface area is 94.8 Å². The van der Waals surface area contributed by atoms with Crippen LogP contribution in [0.25, 0.3) is 0 Å². The van der Waals surface area contributed by atoms with Gasteiger partial charge in [0, 0.05) is 12.1 Å². The average molecular weight is 239 g/mol. The van der Waals surface area contributed by atoms with Gasteiger partial charge in [-0.2, -0.15) is 13.2 Å². The number of rotatable bonds is 4. The van der Waals surface area contributed by atoms with Crippen LogP contribution in [-0.2, 0) is 4.79 Å². The summed E-state index contributed by atoms with van der Waals surface area (Å²) in [6.45, 7) is 8.28. The van der Waals surface area contributed by atoms with Crippen LogP contribution in [0.3, 0.4) is 0 Å². The van der Waals surface area contributed by atoms with Crippen molar-refractivity contribution in [2.45, 2.75) is 59.3 Å². The summed E-state index contributed by atoms with van der Waals surface area (Å²) >= 11 is 0. The molecule has 2 nitrogen and oxygen atoms in total. The highest BCUT2D eigenvalue weighted by molar-refractivity contribution is 5.80. The van der Waals surface area contributed by atoms with Crippen LogP contribution in [0.2, 0.25) is 0 Å². The number of amides is 1. The molecular formula is C11H20F3NO. The fourth-order valence-electron chi connectivity index (χ4n) is 1.83. The SMILES string of the molecule is CCC(C(=O)N(C(C)C)C(C)C)C(F)(F)F. The molecule has 0 aliphatic rings. The number of nitrogens with zero attached hydrogens (tertiary/aromatic N) is 1. The van der Waals surface area contributed by atoms with Crippen molar-refractivity contribution < 1.29 is 18.0 Å². The lowest BCUT2D eigenvalue weighted by atomic mass is 10.0. The van der Waals surface area contributed by atoms with E-state index >= 15 is 0 Å². The van der Waals surface area contributed by atoms with Crippen molar-refractivity contribution >= 4 is 5.91 Å². The molecule has 96 valence electrons. The summed E-state index contributed by atoms with van der Waals surface area (Å²) in [5.74, 6) is -2.70. The summed E-state index contributed by atoms with van der Waals surface area (Å²) < 4.78 is 37.8.